The lowest BCUT2D eigenvalue weighted by Gasteiger charge is -2.32. The van der Waals surface area contributed by atoms with Crippen LogP contribution in [0.2, 0.25) is 0 Å². The van der Waals surface area contributed by atoms with Crippen molar-refractivity contribution in [2.75, 3.05) is 7.11 Å². The number of hydrogen-bond donors (Lipinski definition) is 1. The van der Waals surface area contributed by atoms with Crippen molar-refractivity contribution in [1.82, 2.24) is 9.55 Å². The van der Waals surface area contributed by atoms with Crippen LogP contribution in [0.25, 0.3) is 11.0 Å². The second-order valence-corrected chi connectivity index (χ2v) is 6.09. The summed E-state index contributed by atoms with van der Waals surface area (Å²) in [5.74, 6) is 1.62. The predicted molar refractivity (Wildman–Crippen MR) is 85.0 cm³/mol. The summed E-state index contributed by atoms with van der Waals surface area (Å²) in [6, 6.07) is 6.72. The summed E-state index contributed by atoms with van der Waals surface area (Å²) in [6.07, 6.45) is 6.47. The molecule has 2 aromatic rings. The fraction of sp³-hybridized carbons (Fsp3) is 0.562. The first-order valence-corrected chi connectivity index (χ1v) is 7.93. The van der Waals surface area contributed by atoms with Gasteiger partial charge in [0.25, 0.3) is 0 Å². The molecular formula is C16H22N2OS. The molecule has 0 spiro atoms. The SMILES string of the molecule is CCC1CCCCC1n1c(=S)[nH]c2cc(OC)ccc21. The van der Waals surface area contributed by atoms with Crippen molar-refractivity contribution in [3.63, 3.8) is 0 Å². The number of imidazole rings is 1. The van der Waals surface area contributed by atoms with E-state index in [0.29, 0.717) is 6.04 Å². The number of methoxy groups -OCH3 is 1. The Morgan fingerprint density at radius 2 is 2.15 bits per heavy atom. The Bertz CT molecular complexity index is 658. The highest BCUT2D eigenvalue weighted by molar-refractivity contribution is 7.71. The maximum atomic E-state index is 5.58. The Morgan fingerprint density at radius 3 is 2.90 bits per heavy atom. The van der Waals surface area contributed by atoms with Crippen molar-refractivity contribution in [3.8, 4) is 5.75 Å². The zero-order chi connectivity index (χ0) is 14.1. The van der Waals surface area contributed by atoms with E-state index in [-0.39, 0.29) is 0 Å². The number of aromatic nitrogens is 2. The van der Waals surface area contributed by atoms with E-state index in [4.69, 9.17) is 17.0 Å². The second kappa shape index (κ2) is 5.60. The molecule has 2 atom stereocenters. The molecule has 1 aromatic heterocycles. The van der Waals surface area contributed by atoms with Gasteiger partial charge in [-0.25, -0.2) is 0 Å². The van der Waals surface area contributed by atoms with Crippen LogP contribution in [0.5, 0.6) is 5.75 Å². The molecule has 1 aromatic carbocycles. The average molecular weight is 290 g/mol. The van der Waals surface area contributed by atoms with Crippen LogP contribution < -0.4 is 4.74 Å². The van der Waals surface area contributed by atoms with Gasteiger partial charge in [-0.05, 0) is 43.1 Å². The quantitative estimate of drug-likeness (QED) is 0.819. The van der Waals surface area contributed by atoms with Crippen LogP contribution in [0.1, 0.15) is 45.1 Å². The Morgan fingerprint density at radius 1 is 1.35 bits per heavy atom. The first-order valence-electron chi connectivity index (χ1n) is 7.53. The largest absolute Gasteiger partial charge is 0.497 e. The average Bonchev–Trinajstić information content (AvgIpc) is 2.81. The third-order valence-electron chi connectivity index (χ3n) is 4.65. The van der Waals surface area contributed by atoms with Gasteiger partial charge in [0.05, 0.1) is 18.1 Å². The van der Waals surface area contributed by atoms with Gasteiger partial charge in [-0.15, -0.1) is 0 Å². The van der Waals surface area contributed by atoms with Crippen molar-refractivity contribution in [1.29, 1.82) is 0 Å². The lowest BCUT2D eigenvalue weighted by Crippen LogP contribution is -2.22. The highest BCUT2D eigenvalue weighted by Crippen LogP contribution is 2.38. The van der Waals surface area contributed by atoms with E-state index in [0.717, 1.165) is 22.0 Å². The summed E-state index contributed by atoms with van der Waals surface area (Å²) in [6.45, 7) is 2.30. The van der Waals surface area contributed by atoms with Crippen molar-refractivity contribution >= 4 is 23.3 Å². The van der Waals surface area contributed by atoms with Gasteiger partial charge in [0.2, 0.25) is 0 Å². The van der Waals surface area contributed by atoms with Crippen LogP contribution in [0, 0.1) is 10.7 Å². The summed E-state index contributed by atoms with van der Waals surface area (Å²) in [7, 11) is 1.70. The predicted octanol–water partition coefficient (Wildman–Crippen LogP) is 4.85. The standard InChI is InChI=1S/C16H22N2OS/c1-3-11-6-4-5-7-14(11)18-15-9-8-12(19-2)10-13(15)17-16(18)20/h8-11,14H,3-7H2,1-2H3,(H,17,20). The van der Waals surface area contributed by atoms with E-state index in [1.165, 1.54) is 37.6 Å². The van der Waals surface area contributed by atoms with Crippen molar-refractivity contribution in [3.05, 3.63) is 23.0 Å². The zero-order valence-electron chi connectivity index (χ0n) is 12.2. The Balaban J connectivity index is 2.10. The van der Waals surface area contributed by atoms with Crippen LogP contribution in [-0.4, -0.2) is 16.7 Å². The zero-order valence-corrected chi connectivity index (χ0v) is 13.0. The van der Waals surface area contributed by atoms with Gasteiger partial charge in [0, 0.05) is 12.1 Å². The number of fused-ring (bicyclic) bond motifs is 1. The van der Waals surface area contributed by atoms with Gasteiger partial charge in [-0.2, -0.15) is 0 Å². The first-order chi connectivity index (χ1) is 9.74. The topological polar surface area (TPSA) is 29.9 Å². The number of benzene rings is 1. The molecule has 0 saturated heterocycles. The molecule has 0 amide bonds. The molecule has 20 heavy (non-hydrogen) atoms. The van der Waals surface area contributed by atoms with Gasteiger partial charge in [-0.3, -0.25) is 0 Å². The molecule has 3 rings (SSSR count). The summed E-state index contributed by atoms with van der Waals surface area (Å²) < 4.78 is 8.49. The molecule has 0 radical (unpaired) electrons. The van der Waals surface area contributed by atoms with Crippen LogP contribution in [-0.2, 0) is 0 Å². The number of ether oxygens (including phenoxy) is 1. The van der Waals surface area contributed by atoms with E-state index < -0.39 is 0 Å². The molecule has 2 unspecified atom stereocenters. The molecule has 108 valence electrons. The van der Waals surface area contributed by atoms with Crippen molar-refractivity contribution in [2.24, 2.45) is 5.92 Å². The maximum Gasteiger partial charge on any atom is 0.178 e. The smallest absolute Gasteiger partial charge is 0.178 e. The summed E-state index contributed by atoms with van der Waals surface area (Å²) in [5, 5.41) is 0. The van der Waals surface area contributed by atoms with Crippen LogP contribution in [0.4, 0.5) is 0 Å². The van der Waals surface area contributed by atoms with E-state index in [1.807, 2.05) is 12.1 Å². The van der Waals surface area contributed by atoms with Crippen molar-refractivity contribution < 1.29 is 4.74 Å². The van der Waals surface area contributed by atoms with E-state index >= 15 is 0 Å². The minimum atomic E-state index is 0.545. The van der Waals surface area contributed by atoms with Crippen LogP contribution >= 0.6 is 12.2 Å². The summed E-state index contributed by atoms with van der Waals surface area (Å²) in [5.41, 5.74) is 2.29. The Labute approximate surface area is 125 Å². The number of nitrogens with zero attached hydrogens (tertiary/aromatic N) is 1. The Kier molecular flexibility index (Phi) is 3.83. The normalized spacial score (nSPS) is 23.1. The third kappa shape index (κ3) is 2.26. The van der Waals surface area contributed by atoms with Crippen molar-refractivity contribution in [2.45, 2.75) is 45.1 Å². The molecule has 1 heterocycles. The number of H-pyrrole nitrogens is 1. The molecule has 4 heteroatoms. The van der Waals surface area contributed by atoms with Crippen LogP contribution in [0.3, 0.4) is 0 Å². The van der Waals surface area contributed by atoms with E-state index in [1.54, 1.807) is 7.11 Å². The number of hydrogen-bond acceptors (Lipinski definition) is 2. The number of aromatic amines is 1. The monoisotopic (exact) mass is 290 g/mol. The lowest BCUT2D eigenvalue weighted by atomic mass is 9.82. The van der Waals surface area contributed by atoms with E-state index in [9.17, 15) is 0 Å². The lowest BCUT2D eigenvalue weighted by molar-refractivity contribution is 0.235. The highest BCUT2D eigenvalue weighted by atomic mass is 32.1. The van der Waals surface area contributed by atoms with Gasteiger partial charge in [0.1, 0.15) is 5.75 Å². The molecule has 1 N–H and O–H groups in total. The van der Waals surface area contributed by atoms with Crippen LogP contribution in [0.15, 0.2) is 18.2 Å². The molecule has 1 aliphatic carbocycles. The minimum absolute atomic E-state index is 0.545. The molecule has 1 aliphatic rings. The third-order valence-corrected chi connectivity index (χ3v) is 4.95. The molecule has 0 bridgehead atoms. The minimum Gasteiger partial charge on any atom is -0.497 e. The maximum absolute atomic E-state index is 5.58. The molecule has 3 nitrogen and oxygen atoms in total. The van der Waals surface area contributed by atoms with E-state index in [2.05, 4.69) is 22.5 Å². The number of rotatable bonds is 3. The first kappa shape index (κ1) is 13.7. The fourth-order valence-corrected chi connectivity index (χ4v) is 3.91. The second-order valence-electron chi connectivity index (χ2n) is 5.70. The fourth-order valence-electron chi connectivity index (χ4n) is 3.57. The van der Waals surface area contributed by atoms with Gasteiger partial charge < -0.3 is 14.3 Å². The molecule has 1 saturated carbocycles. The summed E-state index contributed by atoms with van der Waals surface area (Å²) in [4.78, 5) is 3.34. The van der Waals surface area contributed by atoms with Gasteiger partial charge >= 0.3 is 0 Å². The number of nitrogens with one attached hydrogen (secondary N) is 1. The van der Waals surface area contributed by atoms with Gasteiger partial charge in [-0.1, -0.05) is 26.2 Å². The molecule has 0 aliphatic heterocycles. The molecular weight excluding hydrogens is 268 g/mol. The summed E-state index contributed by atoms with van der Waals surface area (Å²) >= 11 is 5.58. The van der Waals surface area contributed by atoms with Gasteiger partial charge in [0.15, 0.2) is 4.77 Å². The Hall–Kier alpha value is -1.29. The molecule has 1 fully saturated rings. The highest BCUT2D eigenvalue weighted by Gasteiger charge is 2.26.